The quantitative estimate of drug-likeness (QED) is 0.759. The number of benzene rings is 2. The highest BCUT2D eigenvalue weighted by molar-refractivity contribution is 5.79. The molecule has 1 heterocycles. The number of aromatic nitrogens is 3. The Balaban J connectivity index is 1.77. The largest absolute Gasteiger partial charge is 0.497 e. The van der Waals surface area contributed by atoms with Crippen LogP contribution in [0.1, 0.15) is 24.1 Å². The number of hydrogen-bond donors (Lipinski definition) is 1. The molecule has 3 aromatic rings. The van der Waals surface area contributed by atoms with Crippen molar-refractivity contribution >= 4 is 16.8 Å². The Kier molecular flexibility index (Phi) is 4.97. The van der Waals surface area contributed by atoms with Gasteiger partial charge in [-0.3, -0.25) is 9.59 Å². The van der Waals surface area contributed by atoms with Gasteiger partial charge in [-0.2, -0.15) is 0 Å². The summed E-state index contributed by atoms with van der Waals surface area (Å²) in [5.74, 6) is 0.239. The van der Waals surface area contributed by atoms with Crippen LogP contribution < -0.4 is 15.6 Å². The zero-order chi connectivity index (χ0) is 18.7. The molecule has 3 rings (SSSR count). The molecule has 0 aliphatic carbocycles. The molecule has 134 valence electrons. The van der Waals surface area contributed by atoms with Crippen molar-refractivity contribution in [2.24, 2.45) is 0 Å². The molecular weight excluding hydrogens is 332 g/mol. The van der Waals surface area contributed by atoms with E-state index in [2.05, 4.69) is 15.6 Å². The van der Waals surface area contributed by atoms with Gasteiger partial charge in [0.1, 0.15) is 17.8 Å². The molecule has 26 heavy (non-hydrogen) atoms. The zero-order valence-electron chi connectivity index (χ0n) is 14.9. The molecule has 0 radical (unpaired) electrons. The number of carbonyl (C=O) groups excluding carboxylic acids is 1. The van der Waals surface area contributed by atoms with Crippen molar-refractivity contribution in [1.82, 2.24) is 20.3 Å². The van der Waals surface area contributed by atoms with Gasteiger partial charge in [-0.1, -0.05) is 35.0 Å². The number of rotatable bonds is 5. The summed E-state index contributed by atoms with van der Waals surface area (Å²) in [6.07, 6.45) is 0. The minimum absolute atomic E-state index is 0.174. The highest BCUT2D eigenvalue weighted by Gasteiger charge is 2.13. The van der Waals surface area contributed by atoms with Crippen LogP contribution in [0.15, 0.2) is 47.3 Å². The number of nitrogens with zero attached hydrogens (tertiary/aromatic N) is 3. The van der Waals surface area contributed by atoms with E-state index in [-0.39, 0.29) is 24.1 Å². The molecular formula is C19H20N4O3. The van der Waals surface area contributed by atoms with Crippen molar-refractivity contribution < 1.29 is 9.53 Å². The van der Waals surface area contributed by atoms with E-state index in [1.165, 1.54) is 7.11 Å². The third kappa shape index (κ3) is 3.72. The Labute approximate surface area is 150 Å². The molecule has 1 amide bonds. The van der Waals surface area contributed by atoms with Gasteiger partial charge in [0, 0.05) is 0 Å². The maximum Gasteiger partial charge on any atom is 0.278 e. The van der Waals surface area contributed by atoms with E-state index in [0.717, 1.165) is 15.8 Å². The van der Waals surface area contributed by atoms with Crippen molar-refractivity contribution in [2.75, 3.05) is 7.11 Å². The van der Waals surface area contributed by atoms with E-state index in [4.69, 9.17) is 4.74 Å². The predicted molar refractivity (Wildman–Crippen MR) is 98.1 cm³/mol. The van der Waals surface area contributed by atoms with E-state index >= 15 is 0 Å². The number of carbonyl (C=O) groups is 1. The summed E-state index contributed by atoms with van der Waals surface area (Å²) in [5.41, 5.74) is 2.22. The fourth-order valence-corrected chi connectivity index (χ4v) is 2.65. The summed E-state index contributed by atoms with van der Waals surface area (Å²) < 4.78 is 6.19. The summed E-state index contributed by atoms with van der Waals surface area (Å²) >= 11 is 0. The van der Waals surface area contributed by atoms with Crippen molar-refractivity contribution in [1.29, 1.82) is 0 Å². The van der Waals surface area contributed by atoms with Crippen LogP contribution in [0.25, 0.3) is 10.9 Å². The smallest absolute Gasteiger partial charge is 0.278 e. The Hall–Kier alpha value is -3.22. The van der Waals surface area contributed by atoms with Crippen LogP contribution in [0.5, 0.6) is 5.75 Å². The molecule has 7 nitrogen and oxygen atoms in total. The molecule has 1 atom stereocenters. The average Bonchev–Trinajstić information content (AvgIpc) is 2.64. The predicted octanol–water partition coefficient (Wildman–Crippen LogP) is 1.99. The lowest BCUT2D eigenvalue weighted by Crippen LogP contribution is -2.35. The Bertz CT molecular complexity index is 996. The molecule has 0 saturated heterocycles. The van der Waals surface area contributed by atoms with Gasteiger partial charge < -0.3 is 10.1 Å². The molecule has 7 heteroatoms. The zero-order valence-corrected chi connectivity index (χ0v) is 14.9. The highest BCUT2D eigenvalue weighted by atomic mass is 16.5. The van der Waals surface area contributed by atoms with Crippen molar-refractivity contribution in [2.45, 2.75) is 26.4 Å². The summed E-state index contributed by atoms with van der Waals surface area (Å²) in [5, 5.41) is 11.1. The number of ether oxygens (including phenoxy) is 1. The highest BCUT2D eigenvalue weighted by Crippen LogP contribution is 2.15. The van der Waals surface area contributed by atoms with Gasteiger partial charge in [0.2, 0.25) is 5.91 Å². The molecule has 1 N–H and O–H groups in total. The van der Waals surface area contributed by atoms with Gasteiger partial charge in [-0.25, -0.2) is 4.68 Å². The minimum Gasteiger partial charge on any atom is -0.497 e. The van der Waals surface area contributed by atoms with Crippen LogP contribution in [0.3, 0.4) is 0 Å². The van der Waals surface area contributed by atoms with Crippen LogP contribution in [0.2, 0.25) is 0 Å². The number of nitrogens with one attached hydrogen (secondary N) is 1. The van der Waals surface area contributed by atoms with Crippen LogP contribution >= 0.6 is 0 Å². The van der Waals surface area contributed by atoms with Gasteiger partial charge in [0.15, 0.2) is 0 Å². The van der Waals surface area contributed by atoms with Crippen LogP contribution in [0, 0.1) is 6.92 Å². The van der Waals surface area contributed by atoms with Gasteiger partial charge in [-0.05, 0) is 37.6 Å². The molecule has 1 unspecified atom stereocenters. The second-order valence-corrected chi connectivity index (χ2v) is 6.14. The topological polar surface area (TPSA) is 86.1 Å². The summed E-state index contributed by atoms with van der Waals surface area (Å²) in [7, 11) is 1.52. The summed E-state index contributed by atoms with van der Waals surface area (Å²) in [4.78, 5) is 24.9. The Morgan fingerprint density at radius 2 is 1.96 bits per heavy atom. The van der Waals surface area contributed by atoms with E-state index < -0.39 is 0 Å². The van der Waals surface area contributed by atoms with Gasteiger partial charge in [0.05, 0.1) is 18.5 Å². The van der Waals surface area contributed by atoms with Crippen LogP contribution in [0.4, 0.5) is 0 Å². The number of amides is 1. The number of fused-ring (bicyclic) bond motifs is 1. The van der Waals surface area contributed by atoms with E-state index in [9.17, 15) is 9.59 Å². The molecule has 0 bridgehead atoms. The van der Waals surface area contributed by atoms with Crippen LogP contribution in [-0.4, -0.2) is 28.0 Å². The van der Waals surface area contributed by atoms with Gasteiger partial charge in [0.25, 0.3) is 5.56 Å². The van der Waals surface area contributed by atoms with Crippen molar-refractivity contribution in [3.8, 4) is 5.75 Å². The van der Waals surface area contributed by atoms with E-state index in [1.807, 2.05) is 38.1 Å². The third-order valence-electron chi connectivity index (χ3n) is 4.18. The molecule has 0 aliphatic heterocycles. The summed E-state index contributed by atoms with van der Waals surface area (Å²) in [6.45, 7) is 3.70. The lowest BCUT2D eigenvalue weighted by Gasteiger charge is -2.15. The van der Waals surface area contributed by atoms with Crippen LogP contribution in [-0.2, 0) is 11.3 Å². The maximum atomic E-state index is 12.6. The average molecular weight is 352 g/mol. The first-order valence-corrected chi connectivity index (χ1v) is 8.25. The maximum absolute atomic E-state index is 12.6. The summed E-state index contributed by atoms with van der Waals surface area (Å²) in [6, 6.07) is 12.7. The molecule has 0 aliphatic rings. The third-order valence-corrected chi connectivity index (χ3v) is 4.18. The second-order valence-electron chi connectivity index (χ2n) is 6.14. The van der Waals surface area contributed by atoms with Crippen molar-refractivity contribution in [3.05, 3.63) is 63.9 Å². The second kappa shape index (κ2) is 7.35. The minimum atomic E-state index is -0.382. The fourth-order valence-electron chi connectivity index (χ4n) is 2.65. The van der Waals surface area contributed by atoms with E-state index in [1.54, 1.807) is 18.2 Å². The lowest BCUT2D eigenvalue weighted by molar-refractivity contribution is -0.122. The SMILES string of the molecule is COc1ccc2nnn(CC(=O)NC(C)c3ccc(C)cc3)c(=O)c2c1. The first-order valence-electron chi connectivity index (χ1n) is 8.25. The number of hydrogen-bond acceptors (Lipinski definition) is 5. The Morgan fingerprint density at radius 3 is 2.65 bits per heavy atom. The first kappa shape index (κ1) is 17.6. The molecule has 2 aromatic carbocycles. The fraction of sp³-hybridized carbons (Fsp3) is 0.263. The van der Waals surface area contributed by atoms with Gasteiger partial charge >= 0.3 is 0 Å². The normalized spacial score (nSPS) is 12.0. The molecule has 1 aromatic heterocycles. The number of methoxy groups -OCH3 is 1. The molecule has 0 fully saturated rings. The van der Waals surface area contributed by atoms with Gasteiger partial charge in [-0.15, -0.1) is 5.10 Å². The van der Waals surface area contributed by atoms with Crippen molar-refractivity contribution in [3.63, 3.8) is 0 Å². The lowest BCUT2D eigenvalue weighted by atomic mass is 10.1. The monoisotopic (exact) mass is 352 g/mol. The first-order chi connectivity index (χ1) is 12.5. The molecule has 0 saturated carbocycles. The van der Waals surface area contributed by atoms with E-state index in [0.29, 0.717) is 16.7 Å². The number of aryl methyl sites for hydroxylation is 1. The standard InChI is InChI=1S/C19H20N4O3/c1-12-4-6-14(7-5-12)13(2)20-18(24)11-23-19(25)16-10-15(26-3)8-9-17(16)21-22-23/h4-10,13H,11H2,1-3H3,(H,20,24). The molecule has 0 spiro atoms. The Morgan fingerprint density at radius 1 is 1.23 bits per heavy atom.